The summed E-state index contributed by atoms with van der Waals surface area (Å²) in [6.45, 7) is 6.96. The maximum absolute atomic E-state index is 12.5. The van der Waals surface area contributed by atoms with E-state index in [0.717, 1.165) is 15.3 Å². The number of aliphatic hydroxyl groups excluding tert-OH is 1. The number of hydrogen-bond donors (Lipinski definition) is 3. The molecule has 0 aliphatic heterocycles. The monoisotopic (exact) mass is 329 g/mol. The van der Waals surface area contributed by atoms with Crippen LogP contribution >= 0.6 is 11.3 Å². The van der Waals surface area contributed by atoms with Gasteiger partial charge in [0.25, 0.3) is 0 Å². The number of nitrogens with zero attached hydrogens (tertiary/aromatic N) is 1. The highest BCUT2D eigenvalue weighted by atomic mass is 32.2. The second-order valence-electron chi connectivity index (χ2n) is 4.99. The number of rotatable bonds is 5. The van der Waals surface area contributed by atoms with Crippen LogP contribution in [-0.2, 0) is 16.6 Å². The smallest absolute Gasteiger partial charge is 0.244 e. The Morgan fingerprint density at radius 1 is 1.43 bits per heavy atom. The first-order valence-corrected chi connectivity index (χ1v) is 8.80. The van der Waals surface area contributed by atoms with Gasteiger partial charge in [0.1, 0.15) is 10.6 Å². The molecule has 8 heteroatoms. The highest BCUT2D eigenvalue weighted by Gasteiger charge is 2.26. The Kier molecular flexibility index (Phi) is 4.52. The van der Waals surface area contributed by atoms with Crippen molar-refractivity contribution in [2.45, 2.75) is 45.2 Å². The van der Waals surface area contributed by atoms with E-state index in [1.54, 1.807) is 25.2 Å². The summed E-state index contributed by atoms with van der Waals surface area (Å²) >= 11 is 1.64. The summed E-state index contributed by atoms with van der Waals surface area (Å²) in [5.41, 5.74) is 1.51. The number of thiophene rings is 1. The summed E-state index contributed by atoms with van der Waals surface area (Å²) in [4.78, 5) is 2.26. The highest BCUT2D eigenvalue weighted by molar-refractivity contribution is 7.89. The van der Waals surface area contributed by atoms with Gasteiger partial charge in [-0.15, -0.1) is 11.3 Å². The molecule has 0 aliphatic rings. The molecule has 116 valence electrons. The molecule has 0 saturated heterocycles. The van der Waals surface area contributed by atoms with Gasteiger partial charge in [0.05, 0.1) is 12.3 Å². The van der Waals surface area contributed by atoms with E-state index in [9.17, 15) is 13.5 Å². The van der Waals surface area contributed by atoms with E-state index in [1.165, 1.54) is 0 Å². The van der Waals surface area contributed by atoms with Crippen LogP contribution in [0.5, 0.6) is 0 Å². The third-order valence-corrected chi connectivity index (χ3v) is 5.98. The molecule has 3 N–H and O–H groups in total. The van der Waals surface area contributed by atoms with Crippen LogP contribution in [0.3, 0.4) is 0 Å². The van der Waals surface area contributed by atoms with Gasteiger partial charge in [-0.1, -0.05) is 0 Å². The molecule has 0 radical (unpaired) electrons. The van der Waals surface area contributed by atoms with Gasteiger partial charge in [0.2, 0.25) is 10.0 Å². The molecule has 2 aromatic heterocycles. The topological polar surface area (TPSA) is 95.1 Å². The number of aromatic amines is 1. The Labute approximate surface area is 128 Å². The van der Waals surface area contributed by atoms with Crippen molar-refractivity contribution < 1.29 is 13.5 Å². The summed E-state index contributed by atoms with van der Waals surface area (Å²) < 4.78 is 27.7. The summed E-state index contributed by atoms with van der Waals surface area (Å²) in [5, 5.41) is 15.6. The van der Waals surface area contributed by atoms with Gasteiger partial charge in [0.15, 0.2) is 0 Å². The van der Waals surface area contributed by atoms with Crippen LogP contribution < -0.4 is 4.72 Å². The Morgan fingerprint density at radius 3 is 2.62 bits per heavy atom. The predicted molar refractivity (Wildman–Crippen MR) is 81.8 cm³/mol. The van der Waals surface area contributed by atoms with Crippen molar-refractivity contribution in [2.24, 2.45) is 0 Å². The molecule has 0 spiro atoms. The van der Waals surface area contributed by atoms with E-state index in [-0.39, 0.29) is 16.6 Å². The zero-order chi connectivity index (χ0) is 15.8. The van der Waals surface area contributed by atoms with Gasteiger partial charge in [-0.25, -0.2) is 13.1 Å². The minimum absolute atomic E-state index is 0.0291. The van der Waals surface area contributed by atoms with Crippen molar-refractivity contribution in [1.82, 2.24) is 14.9 Å². The second-order valence-corrected chi connectivity index (χ2v) is 8.11. The van der Waals surface area contributed by atoms with Gasteiger partial charge in [-0.2, -0.15) is 5.10 Å². The minimum Gasteiger partial charge on any atom is -0.390 e. The third kappa shape index (κ3) is 3.18. The van der Waals surface area contributed by atoms with E-state index < -0.39 is 16.6 Å². The molecule has 0 aromatic carbocycles. The zero-order valence-electron chi connectivity index (χ0n) is 12.4. The fourth-order valence-corrected chi connectivity index (χ4v) is 4.97. The Morgan fingerprint density at radius 2 is 2.10 bits per heavy atom. The molecular weight excluding hydrogens is 310 g/mol. The van der Waals surface area contributed by atoms with Crippen molar-refractivity contribution in [2.75, 3.05) is 0 Å². The van der Waals surface area contributed by atoms with E-state index >= 15 is 0 Å². The van der Waals surface area contributed by atoms with Crippen molar-refractivity contribution in [3.05, 3.63) is 32.8 Å². The third-order valence-electron chi connectivity index (χ3n) is 3.26. The van der Waals surface area contributed by atoms with E-state index in [2.05, 4.69) is 14.9 Å². The normalized spacial score (nSPS) is 13.6. The first-order chi connectivity index (χ1) is 9.76. The first kappa shape index (κ1) is 16.2. The van der Waals surface area contributed by atoms with Crippen LogP contribution in [0.15, 0.2) is 11.0 Å². The standard InChI is InChI=1S/C13H19N3O3S2/c1-7-5-11(10(4)20-7)8(2)16-21(18,19)13-9(3)14-15-12(13)6-17/h5,8,16-17H,6H2,1-4H3,(H,14,15). The molecule has 2 rings (SSSR count). The highest BCUT2D eigenvalue weighted by Crippen LogP contribution is 2.28. The second kappa shape index (κ2) is 5.88. The maximum Gasteiger partial charge on any atom is 0.244 e. The summed E-state index contributed by atoms with van der Waals surface area (Å²) in [5.74, 6) is 0. The Balaban J connectivity index is 2.33. The Hall–Kier alpha value is -1.22. The molecule has 6 nitrogen and oxygen atoms in total. The summed E-state index contributed by atoms with van der Waals surface area (Å²) in [7, 11) is -3.74. The average molecular weight is 329 g/mol. The molecule has 0 amide bonds. The van der Waals surface area contributed by atoms with Crippen LogP contribution in [0.25, 0.3) is 0 Å². The van der Waals surface area contributed by atoms with Gasteiger partial charge in [0, 0.05) is 15.8 Å². The van der Waals surface area contributed by atoms with Crippen molar-refractivity contribution in [1.29, 1.82) is 0 Å². The molecule has 1 unspecified atom stereocenters. The van der Waals surface area contributed by atoms with Crippen LogP contribution in [0.4, 0.5) is 0 Å². The van der Waals surface area contributed by atoms with Crippen LogP contribution in [0.1, 0.15) is 39.7 Å². The lowest BCUT2D eigenvalue weighted by atomic mass is 10.1. The zero-order valence-corrected chi connectivity index (χ0v) is 14.0. The van der Waals surface area contributed by atoms with Crippen LogP contribution in [-0.4, -0.2) is 23.7 Å². The number of aryl methyl sites for hydroxylation is 3. The molecule has 2 aromatic rings. The summed E-state index contributed by atoms with van der Waals surface area (Å²) in [6, 6.07) is 1.64. The lowest BCUT2D eigenvalue weighted by Crippen LogP contribution is -2.28. The van der Waals surface area contributed by atoms with E-state index in [1.807, 2.05) is 19.9 Å². The van der Waals surface area contributed by atoms with Gasteiger partial charge in [-0.05, 0) is 39.3 Å². The lowest BCUT2D eigenvalue weighted by Gasteiger charge is -2.14. The first-order valence-electron chi connectivity index (χ1n) is 6.50. The fourth-order valence-electron chi connectivity index (χ4n) is 2.37. The van der Waals surface area contributed by atoms with E-state index in [4.69, 9.17) is 0 Å². The average Bonchev–Trinajstić information content (AvgIpc) is 2.91. The van der Waals surface area contributed by atoms with E-state index in [0.29, 0.717) is 5.69 Å². The SMILES string of the molecule is Cc1cc(C(C)NS(=O)(=O)c2c(CO)n[nH]c2C)c(C)s1. The van der Waals surface area contributed by atoms with Crippen molar-refractivity contribution >= 4 is 21.4 Å². The molecule has 21 heavy (non-hydrogen) atoms. The van der Waals surface area contributed by atoms with Gasteiger partial charge in [-0.3, -0.25) is 5.10 Å². The minimum atomic E-state index is -3.74. The number of sulfonamides is 1. The van der Waals surface area contributed by atoms with Crippen molar-refractivity contribution in [3.8, 4) is 0 Å². The number of nitrogens with one attached hydrogen (secondary N) is 2. The van der Waals surface area contributed by atoms with Crippen molar-refractivity contribution in [3.63, 3.8) is 0 Å². The number of hydrogen-bond acceptors (Lipinski definition) is 5. The maximum atomic E-state index is 12.5. The lowest BCUT2D eigenvalue weighted by molar-refractivity contribution is 0.273. The number of H-pyrrole nitrogens is 1. The summed E-state index contributed by atoms with van der Waals surface area (Å²) in [6.07, 6.45) is 0. The predicted octanol–water partition coefficient (Wildman–Crippen LogP) is 1.93. The van der Waals surface area contributed by atoms with Crippen LogP contribution in [0, 0.1) is 20.8 Å². The largest absolute Gasteiger partial charge is 0.390 e. The fraction of sp³-hybridized carbons (Fsp3) is 0.462. The molecule has 0 bridgehead atoms. The van der Waals surface area contributed by atoms with Gasteiger partial charge < -0.3 is 5.11 Å². The molecule has 2 heterocycles. The number of aliphatic hydroxyl groups is 1. The van der Waals surface area contributed by atoms with Crippen LogP contribution in [0.2, 0.25) is 0 Å². The molecule has 0 aliphatic carbocycles. The number of aromatic nitrogens is 2. The quantitative estimate of drug-likeness (QED) is 0.781. The molecule has 0 fully saturated rings. The molecule has 1 atom stereocenters. The molecular formula is C13H19N3O3S2. The van der Waals surface area contributed by atoms with Gasteiger partial charge >= 0.3 is 0 Å². The molecule has 0 saturated carbocycles. The Bertz CT molecular complexity index is 747.